The zero-order valence-electron chi connectivity index (χ0n) is 25.3. The minimum absolute atomic E-state index is 0.154. The number of carboxylic acids is 1. The molecule has 0 aliphatic carbocycles. The van der Waals surface area contributed by atoms with Crippen LogP contribution >= 0.6 is 11.6 Å². The minimum Gasteiger partial charge on any atom is -0.507 e. The number of alkyl halides is 3. The summed E-state index contributed by atoms with van der Waals surface area (Å²) in [7, 11) is 0. The van der Waals surface area contributed by atoms with Gasteiger partial charge in [0.25, 0.3) is 5.91 Å². The smallest absolute Gasteiger partial charge is 0.416 e. The number of phenols is 1. The number of hydrogen-bond donors (Lipinski definition) is 4. The monoisotopic (exact) mass is 690 g/mol. The fourth-order valence-corrected chi connectivity index (χ4v) is 5.32. The molecule has 4 N–H and O–H groups in total. The van der Waals surface area contributed by atoms with Crippen LogP contribution in [0.3, 0.4) is 0 Å². The van der Waals surface area contributed by atoms with Crippen LogP contribution in [0.25, 0.3) is 22.3 Å². The van der Waals surface area contributed by atoms with E-state index in [-0.39, 0.29) is 22.6 Å². The highest BCUT2D eigenvalue weighted by molar-refractivity contribution is 6.31. The number of benzene rings is 5. The average molecular weight is 691 g/mol. The van der Waals surface area contributed by atoms with E-state index in [1.54, 1.807) is 42.5 Å². The Morgan fingerprint density at radius 3 is 2.02 bits per heavy atom. The Kier molecular flexibility index (Phi) is 10.3. The summed E-state index contributed by atoms with van der Waals surface area (Å²) in [4.78, 5) is 39.4. The van der Waals surface area contributed by atoms with E-state index < -0.39 is 53.2 Å². The van der Waals surface area contributed by atoms with Crippen molar-refractivity contribution in [3.05, 3.63) is 148 Å². The molecule has 5 aromatic carbocycles. The van der Waals surface area contributed by atoms with Gasteiger partial charge in [0.1, 0.15) is 17.6 Å². The Hall–Kier alpha value is -5.68. The van der Waals surface area contributed by atoms with Crippen molar-refractivity contribution in [2.24, 2.45) is 0 Å². The second-order valence-corrected chi connectivity index (χ2v) is 11.5. The zero-order chi connectivity index (χ0) is 35.3. The molecule has 7 nitrogen and oxygen atoms in total. The molecule has 0 aliphatic rings. The van der Waals surface area contributed by atoms with E-state index in [0.717, 1.165) is 18.2 Å². The second kappa shape index (κ2) is 14.6. The Morgan fingerprint density at radius 2 is 1.37 bits per heavy atom. The molecule has 0 spiro atoms. The van der Waals surface area contributed by atoms with Crippen LogP contribution in [0.2, 0.25) is 5.02 Å². The topological polar surface area (TPSA) is 116 Å². The van der Waals surface area contributed by atoms with E-state index in [2.05, 4.69) is 10.6 Å². The number of aromatic hydroxyl groups is 1. The number of carbonyl (C=O) groups excluding carboxylic acids is 2. The van der Waals surface area contributed by atoms with E-state index in [1.165, 1.54) is 54.6 Å². The van der Waals surface area contributed by atoms with Crippen LogP contribution < -0.4 is 10.6 Å². The normalized spacial score (nSPS) is 12.5. The van der Waals surface area contributed by atoms with Gasteiger partial charge in [-0.15, -0.1) is 0 Å². The molecule has 0 aliphatic heterocycles. The van der Waals surface area contributed by atoms with Crippen molar-refractivity contribution in [2.75, 3.05) is 0 Å². The molecule has 0 heterocycles. The predicted octanol–water partition coefficient (Wildman–Crippen LogP) is 7.82. The molecule has 0 saturated carbocycles. The van der Waals surface area contributed by atoms with Crippen LogP contribution in [0, 0.1) is 5.82 Å². The van der Waals surface area contributed by atoms with Crippen molar-refractivity contribution in [3.63, 3.8) is 0 Å². The van der Waals surface area contributed by atoms with Crippen molar-refractivity contribution in [1.82, 2.24) is 10.6 Å². The third-order valence-corrected chi connectivity index (χ3v) is 7.99. The summed E-state index contributed by atoms with van der Waals surface area (Å²) in [5, 5.41) is 25.3. The lowest BCUT2D eigenvalue weighted by Gasteiger charge is -2.22. The SMILES string of the molecule is O=C(NC(Cc1ccc(-c2cccc(C(F)(F)F)c2)cc1)C(=O)NC(C(=O)O)c1ccccc1)c1cc(-c2ccc(F)c(Cl)c2)ccc1O. The maximum atomic E-state index is 13.7. The lowest BCUT2D eigenvalue weighted by atomic mass is 9.98. The predicted molar refractivity (Wildman–Crippen MR) is 175 cm³/mol. The van der Waals surface area contributed by atoms with Gasteiger partial charge in [-0.3, -0.25) is 9.59 Å². The lowest BCUT2D eigenvalue weighted by Crippen LogP contribution is -2.50. The molecule has 12 heteroatoms. The van der Waals surface area contributed by atoms with Crippen LogP contribution in [0.4, 0.5) is 17.6 Å². The number of nitrogens with one attached hydrogen (secondary N) is 2. The number of carboxylic acid groups (broad SMARTS) is 1. The number of halogens is 5. The third-order valence-electron chi connectivity index (χ3n) is 7.70. The molecular weight excluding hydrogens is 664 g/mol. The molecule has 2 amide bonds. The first-order valence-electron chi connectivity index (χ1n) is 14.7. The molecule has 0 saturated heterocycles. The molecule has 250 valence electrons. The van der Waals surface area contributed by atoms with Gasteiger partial charge in [-0.1, -0.05) is 90.5 Å². The summed E-state index contributed by atoms with van der Waals surface area (Å²) >= 11 is 5.92. The second-order valence-electron chi connectivity index (χ2n) is 11.1. The summed E-state index contributed by atoms with van der Waals surface area (Å²) < 4.78 is 53.5. The van der Waals surface area contributed by atoms with E-state index in [9.17, 15) is 42.2 Å². The number of hydrogen-bond acceptors (Lipinski definition) is 4. The van der Waals surface area contributed by atoms with Crippen molar-refractivity contribution in [1.29, 1.82) is 0 Å². The summed E-state index contributed by atoms with van der Waals surface area (Å²) in [5.74, 6) is -4.15. The Balaban J connectivity index is 1.44. The molecular formula is C37H27ClF4N2O5. The van der Waals surface area contributed by atoms with E-state index in [4.69, 9.17) is 11.6 Å². The van der Waals surface area contributed by atoms with E-state index >= 15 is 0 Å². The molecule has 5 rings (SSSR count). The van der Waals surface area contributed by atoms with Gasteiger partial charge in [0.15, 0.2) is 6.04 Å². The largest absolute Gasteiger partial charge is 0.507 e. The number of amides is 2. The lowest BCUT2D eigenvalue weighted by molar-refractivity contribution is -0.142. The zero-order valence-corrected chi connectivity index (χ0v) is 26.1. The van der Waals surface area contributed by atoms with Gasteiger partial charge in [0.05, 0.1) is 16.1 Å². The van der Waals surface area contributed by atoms with Crippen LogP contribution in [0.5, 0.6) is 5.75 Å². The third kappa shape index (κ3) is 8.43. The number of aliphatic carboxylic acids is 1. The molecule has 2 atom stereocenters. The van der Waals surface area contributed by atoms with Gasteiger partial charge in [-0.25, -0.2) is 9.18 Å². The van der Waals surface area contributed by atoms with Gasteiger partial charge in [0, 0.05) is 6.42 Å². The molecule has 5 aromatic rings. The summed E-state index contributed by atoms with van der Waals surface area (Å²) in [6.45, 7) is 0. The van der Waals surface area contributed by atoms with Crippen LogP contribution in [0.1, 0.15) is 33.1 Å². The van der Waals surface area contributed by atoms with Gasteiger partial charge in [-0.05, 0) is 69.8 Å². The number of phenolic OH excluding ortho intramolecular Hbond substituents is 1. The van der Waals surface area contributed by atoms with E-state index in [0.29, 0.717) is 27.8 Å². The van der Waals surface area contributed by atoms with Gasteiger partial charge < -0.3 is 20.8 Å². The van der Waals surface area contributed by atoms with Crippen molar-refractivity contribution in [2.45, 2.75) is 24.7 Å². The quantitative estimate of drug-likeness (QED) is 0.112. The van der Waals surface area contributed by atoms with Crippen LogP contribution in [-0.4, -0.2) is 34.0 Å². The molecule has 0 radical (unpaired) electrons. The first kappa shape index (κ1) is 34.6. The van der Waals surface area contributed by atoms with Gasteiger partial charge in [-0.2, -0.15) is 13.2 Å². The fraction of sp³-hybridized carbons (Fsp3) is 0.108. The van der Waals surface area contributed by atoms with Crippen molar-refractivity contribution >= 4 is 29.4 Å². The first-order valence-corrected chi connectivity index (χ1v) is 15.1. The van der Waals surface area contributed by atoms with E-state index in [1.807, 2.05) is 0 Å². The Labute approximate surface area is 282 Å². The Bertz CT molecular complexity index is 2000. The van der Waals surface area contributed by atoms with Crippen LogP contribution in [-0.2, 0) is 22.2 Å². The molecule has 0 fully saturated rings. The van der Waals surface area contributed by atoms with Crippen LogP contribution in [0.15, 0.2) is 115 Å². The number of rotatable bonds is 10. The fourth-order valence-electron chi connectivity index (χ4n) is 5.14. The Morgan fingerprint density at radius 1 is 0.735 bits per heavy atom. The summed E-state index contributed by atoms with van der Waals surface area (Å²) in [5.41, 5.74) is 1.37. The maximum absolute atomic E-state index is 13.7. The standard InChI is InChI=1S/C37H27ClF4N2O5/c38-29-20-26(13-15-30(29)39)25-14-16-32(45)28(19-25)34(46)43-31(35(47)44-33(36(48)49)23-5-2-1-3-6-23)17-21-9-11-22(12-10-21)24-7-4-8-27(18-24)37(40,41)42/h1-16,18-20,31,33,45H,17H2,(H,43,46)(H,44,47)(H,48,49). The highest BCUT2D eigenvalue weighted by Gasteiger charge is 2.31. The maximum Gasteiger partial charge on any atom is 0.416 e. The van der Waals surface area contributed by atoms with Gasteiger partial charge in [0.2, 0.25) is 5.91 Å². The van der Waals surface area contributed by atoms with Crippen molar-refractivity contribution < 1.29 is 42.2 Å². The molecule has 49 heavy (non-hydrogen) atoms. The summed E-state index contributed by atoms with van der Waals surface area (Å²) in [6.07, 6.45) is -4.68. The highest BCUT2D eigenvalue weighted by atomic mass is 35.5. The minimum atomic E-state index is -4.53. The molecule has 0 bridgehead atoms. The first-order chi connectivity index (χ1) is 23.3. The number of carbonyl (C=O) groups is 3. The molecule has 0 aromatic heterocycles. The summed E-state index contributed by atoms with van der Waals surface area (Å²) in [6, 6.07) is 24.2. The highest BCUT2D eigenvalue weighted by Crippen LogP contribution is 2.33. The average Bonchev–Trinajstić information content (AvgIpc) is 3.08. The molecule has 2 unspecified atom stereocenters. The van der Waals surface area contributed by atoms with Gasteiger partial charge >= 0.3 is 12.1 Å². The van der Waals surface area contributed by atoms with Crippen molar-refractivity contribution in [3.8, 4) is 28.0 Å².